The minimum atomic E-state index is -0.168. The summed E-state index contributed by atoms with van der Waals surface area (Å²) in [4.78, 5) is 12.3. The molecule has 1 saturated heterocycles. The zero-order valence-electron chi connectivity index (χ0n) is 11.3. The lowest BCUT2D eigenvalue weighted by atomic mass is 10.1. The lowest BCUT2D eigenvalue weighted by Crippen LogP contribution is -2.39. The zero-order valence-corrected chi connectivity index (χ0v) is 11.3. The monoisotopic (exact) mass is 264 g/mol. The fourth-order valence-corrected chi connectivity index (χ4v) is 2.21. The smallest absolute Gasteiger partial charge is 0.255 e. The van der Waals surface area contributed by atoms with Crippen molar-refractivity contribution in [3.05, 3.63) is 23.8 Å². The Kier molecular flexibility index (Phi) is 4.27. The van der Waals surface area contributed by atoms with Crippen LogP contribution in [0.25, 0.3) is 0 Å². The molecule has 0 saturated carbocycles. The van der Waals surface area contributed by atoms with Crippen LogP contribution in [-0.4, -0.2) is 31.3 Å². The Hall–Kier alpha value is -1.75. The normalized spacial score (nSPS) is 22.2. The molecule has 2 unspecified atom stereocenters. The lowest BCUT2D eigenvalue weighted by molar-refractivity contribution is 0.0863. The SMILES string of the molecule is CCOc1c(N)cccc1C(=O)NC1CCOC1C. The highest BCUT2D eigenvalue weighted by Gasteiger charge is 2.27. The molecule has 1 aromatic carbocycles. The van der Waals surface area contributed by atoms with Crippen LogP contribution in [0.4, 0.5) is 5.69 Å². The van der Waals surface area contributed by atoms with Crippen LogP contribution in [0.5, 0.6) is 5.75 Å². The number of rotatable bonds is 4. The molecular formula is C14H20N2O3. The van der Waals surface area contributed by atoms with Gasteiger partial charge in [-0.05, 0) is 32.4 Å². The number of hydrogen-bond acceptors (Lipinski definition) is 4. The number of carbonyl (C=O) groups excluding carboxylic acids is 1. The molecule has 0 spiro atoms. The molecule has 2 rings (SSSR count). The average Bonchev–Trinajstić information content (AvgIpc) is 2.78. The van der Waals surface area contributed by atoms with Gasteiger partial charge in [0.2, 0.25) is 0 Å². The second-order valence-corrected chi connectivity index (χ2v) is 4.60. The zero-order chi connectivity index (χ0) is 13.8. The summed E-state index contributed by atoms with van der Waals surface area (Å²) in [5.74, 6) is 0.284. The van der Waals surface area contributed by atoms with E-state index in [1.807, 2.05) is 13.8 Å². The average molecular weight is 264 g/mol. The Morgan fingerprint density at radius 3 is 3.00 bits per heavy atom. The van der Waals surface area contributed by atoms with Crippen LogP contribution in [0.1, 0.15) is 30.6 Å². The number of ether oxygens (including phenoxy) is 2. The molecule has 3 N–H and O–H groups in total. The van der Waals surface area contributed by atoms with E-state index >= 15 is 0 Å². The highest BCUT2D eigenvalue weighted by Crippen LogP contribution is 2.26. The summed E-state index contributed by atoms with van der Waals surface area (Å²) in [6.07, 6.45) is 0.875. The quantitative estimate of drug-likeness (QED) is 0.810. The van der Waals surface area contributed by atoms with E-state index in [9.17, 15) is 4.79 Å². The van der Waals surface area contributed by atoms with Crippen molar-refractivity contribution < 1.29 is 14.3 Å². The van der Waals surface area contributed by atoms with E-state index in [0.717, 1.165) is 6.42 Å². The van der Waals surface area contributed by atoms with Crippen molar-refractivity contribution in [2.45, 2.75) is 32.4 Å². The van der Waals surface area contributed by atoms with Gasteiger partial charge in [-0.1, -0.05) is 6.07 Å². The summed E-state index contributed by atoms with van der Waals surface area (Å²) in [5, 5.41) is 2.97. The van der Waals surface area contributed by atoms with Crippen LogP contribution in [0.3, 0.4) is 0 Å². The van der Waals surface area contributed by atoms with E-state index in [-0.39, 0.29) is 18.1 Å². The van der Waals surface area contributed by atoms with Crippen molar-refractivity contribution in [2.75, 3.05) is 18.9 Å². The topological polar surface area (TPSA) is 73.6 Å². The van der Waals surface area contributed by atoms with Crippen LogP contribution >= 0.6 is 0 Å². The summed E-state index contributed by atoms with van der Waals surface area (Å²) >= 11 is 0. The summed E-state index contributed by atoms with van der Waals surface area (Å²) in [6, 6.07) is 5.24. The van der Waals surface area contributed by atoms with E-state index in [1.165, 1.54) is 0 Å². The van der Waals surface area contributed by atoms with Gasteiger partial charge >= 0.3 is 0 Å². The number of carbonyl (C=O) groups is 1. The fourth-order valence-electron chi connectivity index (χ4n) is 2.21. The number of benzene rings is 1. The van der Waals surface area contributed by atoms with Gasteiger partial charge in [-0.3, -0.25) is 4.79 Å². The van der Waals surface area contributed by atoms with Crippen molar-refractivity contribution >= 4 is 11.6 Å². The van der Waals surface area contributed by atoms with Gasteiger partial charge in [0.05, 0.1) is 30.0 Å². The molecule has 5 heteroatoms. The van der Waals surface area contributed by atoms with E-state index < -0.39 is 0 Å². The maximum absolute atomic E-state index is 12.3. The van der Waals surface area contributed by atoms with Crippen molar-refractivity contribution in [1.29, 1.82) is 0 Å². The Labute approximate surface area is 113 Å². The van der Waals surface area contributed by atoms with E-state index in [0.29, 0.717) is 30.2 Å². The van der Waals surface area contributed by atoms with Crippen LogP contribution in [0.2, 0.25) is 0 Å². The van der Waals surface area contributed by atoms with Gasteiger partial charge in [0.25, 0.3) is 5.91 Å². The standard InChI is InChI=1S/C14H20N2O3/c1-3-18-13-10(5-4-6-11(13)15)14(17)16-12-7-8-19-9(12)2/h4-6,9,12H,3,7-8,15H2,1-2H3,(H,16,17). The minimum absolute atomic E-state index is 0.0422. The molecule has 1 aliphatic heterocycles. The molecule has 1 fully saturated rings. The third-order valence-electron chi connectivity index (χ3n) is 3.27. The Morgan fingerprint density at radius 2 is 2.37 bits per heavy atom. The molecule has 1 aromatic rings. The first-order valence-corrected chi connectivity index (χ1v) is 6.57. The van der Waals surface area contributed by atoms with Gasteiger partial charge in [0.15, 0.2) is 5.75 Å². The van der Waals surface area contributed by atoms with Crippen molar-refractivity contribution in [2.24, 2.45) is 0 Å². The lowest BCUT2D eigenvalue weighted by Gasteiger charge is -2.18. The van der Waals surface area contributed by atoms with Gasteiger partial charge in [0.1, 0.15) is 0 Å². The van der Waals surface area contributed by atoms with Crippen molar-refractivity contribution in [1.82, 2.24) is 5.32 Å². The molecule has 5 nitrogen and oxygen atoms in total. The molecule has 1 aliphatic rings. The van der Waals surface area contributed by atoms with Gasteiger partial charge < -0.3 is 20.5 Å². The first kappa shape index (κ1) is 13.7. The van der Waals surface area contributed by atoms with E-state index in [2.05, 4.69) is 5.32 Å². The molecule has 0 radical (unpaired) electrons. The maximum atomic E-state index is 12.3. The number of hydrogen-bond donors (Lipinski definition) is 2. The van der Waals surface area contributed by atoms with Gasteiger partial charge in [-0.2, -0.15) is 0 Å². The maximum Gasteiger partial charge on any atom is 0.255 e. The third kappa shape index (κ3) is 2.98. The minimum Gasteiger partial charge on any atom is -0.491 e. The molecule has 104 valence electrons. The van der Waals surface area contributed by atoms with Crippen LogP contribution < -0.4 is 15.8 Å². The number of amides is 1. The summed E-state index contributed by atoms with van der Waals surface area (Å²) in [5.41, 5.74) is 6.80. The van der Waals surface area contributed by atoms with Crippen LogP contribution in [0, 0.1) is 0 Å². The second kappa shape index (κ2) is 5.93. The molecule has 0 aromatic heterocycles. The summed E-state index contributed by atoms with van der Waals surface area (Å²) < 4.78 is 10.9. The number of para-hydroxylation sites is 1. The first-order valence-electron chi connectivity index (χ1n) is 6.57. The van der Waals surface area contributed by atoms with Crippen molar-refractivity contribution in [3.8, 4) is 5.75 Å². The van der Waals surface area contributed by atoms with Crippen molar-refractivity contribution in [3.63, 3.8) is 0 Å². The summed E-state index contributed by atoms with van der Waals surface area (Å²) in [7, 11) is 0. The highest BCUT2D eigenvalue weighted by molar-refractivity contribution is 5.98. The number of anilines is 1. The Balaban J connectivity index is 2.16. The van der Waals surface area contributed by atoms with Gasteiger partial charge in [0, 0.05) is 6.61 Å². The van der Waals surface area contributed by atoms with E-state index in [1.54, 1.807) is 18.2 Å². The molecule has 0 bridgehead atoms. The first-order chi connectivity index (χ1) is 9.13. The molecule has 2 atom stereocenters. The number of nitrogen functional groups attached to an aromatic ring is 1. The number of nitrogens with two attached hydrogens (primary N) is 1. The Bertz CT molecular complexity index is 462. The van der Waals surface area contributed by atoms with Crippen LogP contribution in [-0.2, 0) is 4.74 Å². The predicted octanol–water partition coefficient (Wildman–Crippen LogP) is 1.57. The molecular weight excluding hydrogens is 244 g/mol. The number of nitrogens with one attached hydrogen (secondary N) is 1. The Morgan fingerprint density at radius 1 is 1.58 bits per heavy atom. The largest absolute Gasteiger partial charge is 0.491 e. The fraction of sp³-hybridized carbons (Fsp3) is 0.500. The predicted molar refractivity (Wildman–Crippen MR) is 73.3 cm³/mol. The third-order valence-corrected chi connectivity index (χ3v) is 3.27. The molecule has 1 amide bonds. The molecule has 0 aliphatic carbocycles. The second-order valence-electron chi connectivity index (χ2n) is 4.60. The highest BCUT2D eigenvalue weighted by atomic mass is 16.5. The molecule has 19 heavy (non-hydrogen) atoms. The van der Waals surface area contributed by atoms with Crippen LogP contribution in [0.15, 0.2) is 18.2 Å². The summed E-state index contributed by atoms with van der Waals surface area (Å²) in [6.45, 7) is 4.97. The van der Waals surface area contributed by atoms with E-state index in [4.69, 9.17) is 15.2 Å². The van der Waals surface area contributed by atoms with Gasteiger partial charge in [-0.25, -0.2) is 0 Å². The van der Waals surface area contributed by atoms with Gasteiger partial charge in [-0.15, -0.1) is 0 Å². The molecule has 1 heterocycles.